The highest BCUT2D eigenvalue weighted by molar-refractivity contribution is 7.52. The number of nitrogens with zero attached hydrogens (tertiary/aromatic N) is 8. The predicted octanol–water partition coefficient (Wildman–Crippen LogP) is 15.1. The molecule has 23 nitrogen and oxygen atoms in total. The van der Waals surface area contributed by atoms with Crippen molar-refractivity contribution in [3.63, 3.8) is 0 Å². The summed E-state index contributed by atoms with van der Waals surface area (Å²) in [6.07, 6.45) is 9.30. The normalized spacial score (nSPS) is 14.1. The molecule has 0 saturated carbocycles. The van der Waals surface area contributed by atoms with Crippen molar-refractivity contribution in [2.45, 2.75) is 78.4 Å². The first-order valence-corrected chi connectivity index (χ1v) is 33.0. The van der Waals surface area contributed by atoms with Crippen molar-refractivity contribution in [3.8, 4) is 33.9 Å². The first kappa shape index (κ1) is 74.4. The van der Waals surface area contributed by atoms with Crippen LogP contribution < -0.4 is 21.7 Å². The fourth-order valence-electron chi connectivity index (χ4n) is 10.7. The van der Waals surface area contributed by atoms with Gasteiger partial charge in [0.2, 0.25) is 17.8 Å². The number of likely N-dealkylation sites (tertiary alicyclic amines) is 2. The molecule has 0 unspecified atom stereocenters. The van der Waals surface area contributed by atoms with Crippen LogP contribution in [0.3, 0.4) is 0 Å². The number of nitrogens with one attached hydrogen (secondary N) is 3. The number of nitrogens with two attached hydrogens (primary N) is 1. The zero-order valence-electron chi connectivity index (χ0n) is 56.0. The van der Waals surface area contributed by atoms with Crippen molar-refractivity contribution < 1.29 is 56.4 Å². The number of hydrogen-bond acceptors (Lipinski definition) is 17. The number of carboxylic acids is 1. The van der Waals surface area contributed by atoms with E-state index in [0.717, 1.165) is 62.8 Å². The van der Waals surface area contributed by atoms with E-state index in [4.69, 9.17) is 71.7 Å². The zero-order chi connectivity index (χ0) is 72.5. The van der Waals surface area contributed by atoms with Gasteiger partial charge in [0, 0.05) is 94.6 Å². The van der Waals surface area contributed by atoms with Crippen LogP contribution in [0.15, 0.2) is 183 Å². The molecule has 6 aromatic carbocycles. The van der Waals surface area contributed by atoms with Crippen molar-refractivity contribution in [2.24, 2.45) is 11.8 Å². The van der Waals surface area contributed by atoms with Gasteiger partial charge in [-0.05, 0) is 140 Å². The minimum Gasteiger partial charge on any atom is -0.481 e. The van der Waals surface area contributed by atoms with Gasteiger partial charge in [0.05, 0.1) is 65.2 Å². The van der Waals surface area contributed by atoms with Gasteiger partial charge < -0.3 is 55.2 Å². The highest BCUT2D eigenvalue weighted by atomic mass is 35.5. The predicted molar refractivity (Wildman–Crippen MR) is 385 cm³/mol. The Kier molecular flexibility index (Phi) is 27.2. The Hall–Kier alpha value is -10.4. The number of piperidine rings is 2. The van der Waals surface area contributed by atoms with Crippen molar-refractivity contribution in [3.05, 3.63) is 193 Å². The molecular weight excluding hydrogens is 1350 g/mol. The van der Waals surface area contributed by atoms with E-state index in [2.05, 4.69) is 89.8 Å². The summed E-state index contributed by atoms with van der Waals surface area (Å²) in [5.74, 6) is -0.941. The van der Waals surface area contributed by atoms with E-state index in [-0.39, 0.29) is 18.4 Å². The summed E-state index contributed by atoms with van der Waals surface area (Å²) in [5, 5.41) is 21.4. The summed E-state index contributed by atoms with van der Waals surface area (Å²) in [7, 11) is -1.00. The Labute approximate surface area is 590 Å². The Bertz CT molecular complexity index is 4490. The highest BCUT2D eigenvalue weighted by Gasteiger charge is 2.33. The number of fused-ring (bicyclic) bond motifs is 2. The molecule has 4 aromatic heterocycles. The van der Waals surface area contributed by atoms with Crippen LogP contribution in [0.5, 0.6) is 0 Å². The van der Waals surface area contributed by atoms with Gasteiger partial charge in [-0.3, -0.25) is 14.0 Å². The standard InChI is InChI=1S/C35H35ClN6O3.C24H18ClN5.C11H19NO4.CH3F.2O2S/c1-35(2,3)45-34(44)41-18-10-11-23(21-41)32(43)38-24-12-9-13-25(19-24)39-33-37-20-29(36)31(40-33)28-22-42(26-14-5-4-6-15-26)30-17-8-7-16-27(28)30;25-21-14-27-24(28-17-8-6-7-16(26)13-17)29-23(21)20-15-30(18-9-2-1-3-10-18)22-12-5-4-11-19(20)22;1-11(2,3)16-10(15)12-6-4-5-8(7-12)9(13)14;1-2;2*1-3-2/h4-9,12-17,19-20,22-23H,10-11,18,21H2,1-3H3,(H,38,43)(H,37,39,40);1-15H,26H2,(H,27,28,29);8H,4-7H2,1-3H3,(H,13,14);1H3;;/t23-;;8-;;;/m0.0.../s1/i;;;1D;;. The van der Waals surface area contributed by atoms with E-state index in [1.807, 2.05) is 136 Å². The van der Waals surface area contributed by atoms with Crippen molar-refractivity contribution in [2.75, 3.05) is 55.0 Å². The van der Waals surface area contributed by atoms with Gasteiger partial charge in [-0.1, -0.05) is 108 Å². The number of carbonyl (C=O) groups is 4. The molecule has 2 aliphatic heterocycles. The average molecular weight is 1430 g/mol. The number of anilines is 6. The third-order valence-electron chi connectivity index (χ3n) is 14.9. The number of carboxylic acid groups (broad SMARTS) is 1. The molecule has 10 aromatic rings. The minimum absolute atomic E-state index is 0.139. The minimum atomic E-state index is -1.00. The van der Waals surface area contributed by atoms with Gasteiger partial charge in [0.25, 0.3) is 0 Å². The monoisotopic (exact) mass is 1430 g/mol. The van der Waals surface area contributed by atoms with Crippen molar-refractivity contribution >= 4 is 127 Å². The number of ether oxygens (including phenoxy) is 2. The van der Waals surface area contributed by atoms with Crippen LogP contribution in [0.1, 0.15) is 68.6 Å². The summed E-state index contributed by atoms with van der Waals surface area (Å²) in [6, 6.07) is 51.5. The lowest BCUT2D eigenvalue weighted by Gasteiger charge is -2.33. The van der Waals surface area contributed by atoms with Crippen LogP contribution >= 0.6 is 23.2 Å². The van der Waals surface area contributed by atoms with E-state index in [0.29, 0.717) is 82.9 Å². The van der Waals surface area contributed by atoms with Crippen molar-refractivity contribution in [1.29, 1.82) is 0 Å². The molecule has 2 atom stereocenters. The van der Waals surface area contributed by atoms with Crippen LogP contribution in [-0.4, -0.2) is 129 Å². The molecule has 518 valence electrons. The number of amides is 3. The number of para-hydroxylation sites is 4. The Balaban J connectivity index is 0.000000218. The van der Waals surface area contributed by atoms with E-state index < -0.39 is 65.6 Å². The van der Waals surface area contributed by atoms with E-state index in [9.17, 15) is 23.6 Å². The molecule has 2 fully saturated rings. The van der Waals surface area contributed by atoms with Crippen LogP contribution in [0.4, 0.5) is 48.6 Å². The lowest BCUT2D eigenvalue weighted by atomic mass is 9.97. The summed E-state index contributed by atoms with van der Waals surface area (Å²) in [6.45, 7) is 12.6. The molecule has 28 heteroatoms. The van der Waals surface area contributed by atoms with Gasteiger partial charge in [-0.2, -0.15) is 16.8 Å². The molecule has 12 rings (SSSR count). The third-order valence-corrected chi connectivity index (χ3v) is 15.4. The Morgan fingerprint density at radius 3 is 1.41 bits per heavy atom. The summed E-state index contributed by atoms with van der Waals surface area (Å²) < 4.78 is 63.6. The second kappa shape index (κ2) is 36.3. The number of aromatic nitrogens is 6. The fourth-order valence-corrected chi connectivity index (χ4v) is 11.1. The average Bonchev–Trinajstić information content (AvgIpc) is 1.62. The summed E-state index contributed by atoms with van der Waals surface area (Å²) in [5.41, 5.74) is 14.9. The molecule has 2 saturated heterocycles. The van der Waals surface area contributed by atoms with E-state index in [1.165, 1.54) is 4.90 Å². The third kappa shape index (κ3) is 21.8. The van der Waals surface area contributed by atoms with Crippen LogP contribution in [0.25, 0.3) is 55.7 Å². The second-order valence-electron chi connectivity index (χ2n) is 24.3. The molecule has 0 bridgehead atoms. The molecule has 0 aliphatic carbocycles. The van der Waals surface area contributed by atoms with Crippen LogP contribution in [0, 0.1) is 11.8 Å². The zero-order valence-corrected chi connectivity index (χ0v) is 58.1. The van der Waals surface area contributed by atoms with Gasteiger partial charge in [-0.15, -0.1) is 0 Å². The first-order chi connectivity index (χ1) is 47.9. The molecule has 6 N–H and O–H groups in total. The summed E-state index contributed by atoms with van der Waals surface area (Å²) >= 11 is 11.7. The largest absolute Gasteiger partial charge is 0.481 e. The number of aliphatic carboxylic acids is 1. The van der Waals surface area contributed by atoms with E-state index >= 15 is 0 Å². The van der Waals surface area contributed by atoms with Gasteiger partial charge in [0.1, 0.15) is 11.2 Å². The Morgan fingerprint density at radius 1 is 0.586 bits per heavy atom. The molecular formula is C71H75Cl2FN12O11S2. The molecule has 0 radical (unpaired) electrons. The maximum Gasteiger partial charge on any atom is 0.410 e. The van der Waals surface area contributed by atoms with E-state index in [1.54, 1.807) is 38.1 Å². The number of benzene rings is 6. The molecule has 6 heterocycles. The van der Waals surface area contributed by atoms with Crippen molar-refractivity contribution in [1.82, 2.24) is 38.9 Å². The smallest absolute Gasteiger partial charge is 0.410 e. The second-order valence-corrected chi connectivity index (χ2v) is 25.3. The molecule has 3 amide bonds. The van der Waals surface area contributed by atoms with Gasteiger partial charge in [-0.25, -0.2) is 29.5 Å². The molecule has 99 heavy (non-hydrogen) atoms. The number of hydrogen-bond donors (Lipinski definition) is 5. The number of rotatable bonds is 11. The summed E-state index contributed by atoms with van der Waals surface area (Å²) in [4.78, 5) is 69.6. The van der Waals surface area contributed by atoms with Gasteiger partial charge >= 0.3 is 41.3 Å². The number of halogens is 3. The fraction of sp³-hybridized carbons (Fsp3) is 0.268. The van der Waals surface area contributed by atoms with Gasteiger partial charge in [0.15, 0.2) is 0 Å². The number of carbonyl (C=O) groups excluding carboxylic acids is 3. The molecule has 2 aliphatic rings. The topological polar surface area (TPSA) is 305 Å². The number of alkyl halides is 1. The molecule has 0 spiro atoms. The first-order valence-electron chi connectivity index (χ1n) is 31.6. The highest BCUT2D eigenvalue weighted by Crippen LogP contribution is 2.38. The Morgan fingerprint density at radius 2 is 0.980 bits per heavy atom. The quantitative estimate of drug-likeness (QED) is 0.0752. The maximum absolute atomic E-state index is 13.2. The number of nitrogen functional groups attached to an aromatic ring is 1. The van der Waals surface area contributed by atoms with Crippen LogP contribution in [-0.2, 0) is 42.2 Å². The lowest BCUT2D eigenvalue weighted by molar-refractivity contribution is -0.143. The lowest BCUT2D eigenvalue weighted by Crippen LogP contribution is -2.45. The maximum atomic E-state index is 13.2. The van der Waals surface area contributed by atoms with Crippen LogP contribution in [0.2, 0.25) is 10.0 Å². The SMILES string of the molecule is CC(C)(C)OC(=O)N1CCC[C@H](C(=O)Nc2cccc(Nc3ncc(Cl)c(-c4cn(-c5ccccc5)c5ccccc45)n3)c2)C1.CC(C)(C)OC(=O)N1CCC[C@H](C(=O)O)C1.Nc1cccc(Nc2ncc(Cl)c(-c3cn(-c4ccccc4)c4ccccc34)n2)c1.O=S=O.O=S=O.[2H]CF.